The first-order chi connectivity index (χ1) is 11.1. The SMILES string of the molecule is Cc1cccc(OCCCCC(=O)N2CCC(C(C)N)CC2)c1. The van der Waals surface area contributed by atoms with Gasteiger partial charge < -0.3 is 15.4 Å². The molecule has 0 aromatic heterocycles. The molecule has 1 fully saturated rings. The van der Waals surface area contributed by atoms with E-state index in [1.165, 1.54) is 5.56 Å². The predicted octanol–water partition coefficient (Wildman–Crippen LogP) is 3.13. The Morgan fingerprint density at radius 1 is 1.35 bits per heavy atom. The average Bonchev–Trinajstić information content (AvgIpc) is 2.54. The van der Waals surface area contributed by atoms with Gasteiger partial charge in [0.2, 0.25) is 5.91 Å². The van der Waals surface area contributed by atoms with E-state index >= 15 is 0 Å². The topological polar surface area (TPSA) is 55.6 Å². The van der Waals surface area contributed by atoms with Crippen LogP contribution >= 0.6 is 0 Å². The van der Waals surface area contributed by atoms with E-state index in [-0.39, 0.29) is 11.9 Å². The number of rotatable bonds is 7. The van der Waals surface area contributed by atoms with Crippen LogP contribution in [0.15, 0.2) is 24.3 Å². The van der Waals surface area contributed by atoms with Crippen molar-refractivity contribution in [2.75, 3.05) is 19.7 Å². The third kappa shape index (κ3) is 5.87. The monoisotopic (exact) mass is 318 g/mol. The van der Waals surface area contributed by atoms with E-state index in [0.717, 1.165) is 44.5 Å². The lowest BCUT2D eigenvalue weighted by atomic mass is 9.91. The number of benzene rings is 1. The van der Waals surface area contributed by atoms with Crippen LogP contribution in [0.1, 0.15) is 44.6 Å². The van der Waals surface area contributed by atoms with Gasteiger partial charge in [0.25, 0.3) is 0 Å². The van der Waals surface area contributed by atoms with Crippen LogP contribution in [0.25, 0.3) is 0 Å². The van der Waals surface area contributed by atoms with Gasteiger partial charge in [-0.25, -0.2) is 0 Å². The van der Waals surface area contributed by atoms with Crippen molar-refractivity contribution in [2.45, 2.75) is 52.0 Å². The second kappa shape index (κ2) is 8.92. The molecule has 128 valence electrons. The fraction of sp³-hybridized carbons (Fsp3) is 0.632. The van der Waals surface area contributed by atoms with Crippen molar-refractivity contribution in [3.05, 3.63) is 29.8 Å². The van der Waals surface area contributed by atoms with Crippen molar-refractivity contribution in [3.8, 4) is 5.75 Å². The quantitative estimate of drug-likeness (QED) is 0.786. The van der Waals surface area contributed by atoms with E-state index in [1.54, 1.807) is 0 Å². The Bertz CT molecular complexity index is 494. The maximum absolute atomic E-state index is 12.2. The van der Waals surface area contributed by atoms with Crippen LogP contribution in [-0.4, -0.2) is 36.5 Å². The number of amides is 1. The Balaban J connectivity index is 1.58. The summed E-state index contributed by atoms with van der Waals surface area (Å²) in [6.07, 6.45) is 4.51. The van der Waals surface area contributed by atoms with Crippen LogP contribution in [0.4, 0.5) is 0 Å². The molecule has 0 saturated carbocycles. The van der Waals surface area contributed by atoms with E-state index in [1.807, 2.05) is 23.1 Å². The number of carbonyl (C=O) groups excluding carboxylic acids is 1. The van der Waals surface area contributed by atoms with Gasteiger partial charge in [0.1, 0.15) is 5.75 Å². The molecule has 1 atom stereocenters. The molecule has 4 nitrogen and oxygen atoms in total. The van der Waals surface area contributed by atoms with Crippen LogP contribution in [0, 0.1) is 12.8 Å². The summed E-state index contributed by atoms with van der Waals surface area (Å²) in [6.45, 7) is 6.52. The van der Waals surface area contributed by atoms with E-state index in [4.69, 9.17) is 10.5 Å². The van der Waals surface area contributed by atoms with Crippen molar-refractivity contribution in [3.63, 3.8) is 0 Å². The summed E-state index contributed by atoms with van der Waals surface area (Å²) in [6, 6.07) is 8.31. The lowest BCUT2D eigenvalue weighted by molar-refractivity contribution is -0.132. The summed E-state index contributed by atoms with van der Waals surface area (Å²) in [4.78, 5) is 14.2. The standard InChI is InChI=1S/C19H30N2O2/c1-15-6-5-7-18(14-15)23-13-4-3-8-19(22)21-11-9-17(10-12-21)16(2)20/h5-7,14,16-17H,3-4,8-13,20H2,1-2H3. The smallest absolute Gasteiger partial charge is 0.222 e. The van der Waals surface area contributed by atoms with E-state index in [0.29, 0.717) is 18.9 Å². The van der Waals surface area contributed by atoms with Crippen molar-refractivity contribution >= 4 is 5.91 Å². The highest BCUT2D eigenvalue weighted by Gasteiger charge is 2.24. The molecule has 1 heterocycles. The Morgan fingerprint density at radius 2 is 2.09 bits per heavy atom. The van der Waals surface area contributed by atoms with Crippen LogP contribution in [0.2, 0.25) is 0 Å². The minimum absolute atomic E-state index is 0.242. The summed E-state index contributed by atoms with van der Waals surface area (Å²) < 4.78 is 5.72. The number of carbonyl (C=O) groups is 1. The number of nitrogens with two attached hydrogens (primary N) is 1. The average molecular weight is 318 g/mol. The van der Waals surface area contributed by atoms with Gasteiger partial charge in [0, 0.05) is 25.6 Å². The lowest BCUT2D eigenvalue weighted by Crippen LogP contribution is -2.42. The Kier molecular flexibility index (Phi) is 6.90. The second-order valence-corrected chi connectivity index (χ2v) is 6.70. The van der Waals surface area contributed by atoms with Crippen molar-refractivity contribution in [2.24, 2.45) is 11.7 Å². The highest BCUT2D eigenvalue weighted by molar-refractivity contribution is 5.76. The fourth-order valence-electron chi connectivity index (χ4n) is 3.11. The van der Waals surface area contributed by atoms with Gasteiger partial charge >= 0.3 is 0 Å². The number of hydrogen-bond donors (Lipinski definition) is 1. The first-order valence-corrected chi connectivity index (χ1v) is 8.79. The highest BCUT2D eigenvalue weighted by Crippen LogP contribution is 2.20. The maximum Gasteiger partial charge on any atom is 0.222 e. The minimum atomic E-state index is 0.242. The number of likely N-dealkylation sites (tertiary alicyclic amines) is 1. The summed E-state index contributed by atoms with van der Waals surface area (Å²) in [7, 11) is 0. The largest absolute Gasteiger partial charge is 0.494 e. The van der Waals surface area contributed by atoms with Crippen molar-refractivity contribution in [1.82, 2.24) is 4.90 Å². The molecule has 1 aliphatic rings. The van der Waals surface area contributed by atoms with Crippen LogP contribution in [-0.2, 0) is 4.79 Å². The van der Waals surface area contributed by atoms with Gasteiger partial charge in [-0.15, -0.1) is 0 Å². The molecule has 0 aliphatic carbocycles. The number of unbranched alkanes of at least 4 members (excludes halogenated alkanes) is 1. The van der Waals surface area contributed by atoms with Gasteiger partial charge in [-0.2, -0.15) is 0 Å². The van der Waals surface area contributed by atoms with Crippen molar-refractivity contribution in [1.29, 1.82) is 0 Å². The molecule has 2 N–H and O–H groups in total. The van der Waals surface area contributed by atoms with Gasteiger partial charge in [0.05, 0.1) is 6.61 Å². The molecule has 1 saturated heterocycles. The molecular weight excluding hydrogens is 288 g/mol. The summed E-state index contributed by atoms with van der Waals surface area (Å²) in [5.41, 5.74) is 7.14. The molecule has 1 unspecified atom stereocenters. The number of ether oxygens (including phenoxy) is 1. The number of piperidine rings is 1. The van der Waals surface area contributed by atoms with Crippen LogP contribution in [0.5, 0.6) is 5.75 Å². The fourth-order valence-corrected chi connectivity index (χ4v) is 3.11. The summed E-state index contributed by atoms with van der Waals surface area (Å²) >= 11 is 0. The zero-order chi connectivity index (χ0) is 16.7. The number of aryl methyl sites for hydroxylation is 1. The summed E-state index contributed by atoms with van der Waals surface area (Å²) in [5.74, 6) is 1.76. The zero-order valence-electron chi connectivity index (χ0n) is 14.5. The molecule has 0 bridgehead atoms. The third-order valence-electron chi connectivity index (χ3n) is 4.68. The molecule has 2 rings (SSSR count). The van der Waals surface area contributed by atoms with Gasteiger partial charge in [-0.05, 0) is 63.1 Å². The maximum atomic E-state index is 12.2. The lowest BCUT2D eigenvalue weighted by Gasteiger charge is -2.33. The summed E-state index contributed by atoms with van der Waals surface area (Å²) in [5, 5.41) is 0. The van der Waals surface area contributed by atoms with E-state index in [9.17, 15) is 4.79 Å². The highest BCUT2D eigenvalue weighted by atomic mass is 16.5. The van der Waals surface area contributed by atoms with Crippen LogP contribution in [0.3, 0.4) is 0 Å². The van der Waals surface area contributed by atoms with E-state index in [2.05, 4.69) is 19.9 Å². The third-order valence-corrected chi connectivity index (χ3v) is 4.68. The molecule has 23 heavy (non-hydrogen) atoms. The molecule has 1 amide bonds. The predicted molar refractivity (Wildman–Crippen MR) is 93.5 cm³/mol. The van der Waals surface area contributed by atoms with Crippen molar-refractivity contribution < 1.29 is 9.53 Å². The van der Waals surface area contributed by atoms with Gasteiger partial charge in [0.15, 0.2) is 0 Å². The molecule has 1 aromatic carbocycles. The zero-order valence-corrected chi connectivity index (χ0v) is 14.5. The van der Waals surface area contributed by atoms with Gasteiger partial charge in [-0.3, -0.25) is 4.79 Å². The Labute approximate surface area is 140 Å². The normalized spacial score (nSPS) is 17.1. The molecule has 4 heteroatoms. The number of nitrogens with zero attached hydrogens (tertiary/aromatic N) is 1. The molecule has 0 spiro atoms. The second-order valence-electron chi connectivity index (χ2n) is 6.70. The first-order valence-electron chi connectivity index (χ1n) is 8.79. The van der Waals surface area contributed by atoms with E-state index < -0.39 is 0 Å². The van der Waals surface area contributed by atoms with Crippen LogP contribution < -0.4 is 10.5 Å². The molecule has 0 radical (unpaired) electrons. The molecule has 1 aliphatic heterocycles. The number of hydrogen-bond acceptors (Lipinski definition) is 3. The van der Waals surface area contributed by atoms with Gasteiger partial charge in [-0.1, -0.05) is 12.1 Å². The first kappa shape index (κ1) is 17.8. The Morgan fingerprint density at radius 3 is 2.74 bits per heavy atom. The molecular formula is C19H30N2O2. The Hall–Kier alpha value is -1.55. The molecule has 1 aromatic rings. The minimum Gasteiger partial charge on any atom is -0.494 e.